The van der Waals surface area contributed by atoms with Crippen LogP contribution in [0.1, 0.15) is 10.4 Å². The number of methoxy groups -OCH3 is 2. The summed E-state index contributed by atoms with van der Waals surface area (Å²) in [5.74, 6) is 0.131. The van der Waals surface area contributed by atoms with Crippen molar-refractivity contribution in [2.75, 3.05) is 25.7 Å². The molecule has 0 saturated carbocycles. The van der Waals surface area contributed by atoms with Crippen LogP contribution in [0.2, 0.25) is 0 Å². The minimum absolute atomic E-state index is 0.385. The maximum atomic E-state index is 11.9. The molecule has 0 fully saturated rings. The van der Waals surface area contributed by atoms with Crippen LogP contribution >= 0.6 is 0 Å². The topological polar surface area (TPSA) is 87.6 Å². The summed E-state index contributed by atoms with van der Waals surface area (Å²) in [4.78, 5) is 11.9. The van der Waals surface area contributed by atoms with Crippen molar-refractivity contribution in [2.24, 2.45) is 0 Å². The summed E-state index contributed by atoms with van der Waals surface area (Å²) < 4.78 is 10.1. The van der Waals surface area contributed by atoms with E-state index in [0.717, 1.165) is 5.56 Å². The van der Waals surface area contributed by atoms with Gasteiger partial charge in [-0.3, -0.25) is 0 Å². The second kappa shape index (κ2) is 5.52. The summed E-state index contributed by atoms with van der Waals surface area (Å²) in [5, 5.41) is 0. The quantitative estimate of drug-likeness (QED) is 0.661. The predicted octanol–water partition coefficient (Wildman–Crippen LogP) is 2.31. The van der Waals surface area contributed by atoms with Gasteiger partial charge >= 0.3 is 5.97 Å². The third-order valence-electron chi connectivity index (χ3n) is 2.96. The first-order chi connectivity index (χ1) is 9.56. The Hall–Kier alpha value is -2.69. The Morgan fingerprint density at radius 1 is 0.950 bits per heavy atom. The van der Waals surface area contributed by atoms with Gasteiger partial charge in [0.1, 0.15) is 5.75 Å². The number of nitrogens with two attached hydrogens (primary N) is 2. The highest BCUT2D eigenvalue weighted by molar-refractivity contribution is 5.99. The average Bonchev–Trinajstić information content (AvgIpc) is 2.46. The standard InChI is InChI=1S/C15H16N2O3/c1-19-14-8-10(17)4-6-12(14)11-5-3-9(16)7-13(11)15(18)20-2/h3-8H,16-17H2,1-2H3. The molecule has 0 atom stereocenters. The van der Waals surface area contributed by atoms with E-state index in [4.69, 9.17) is 20.9 Å². The first-order valence-corrected chi connectivity index (χ1v) is 5.98. The van der Waals surface area contributed by atoms with Crippen LogP contribution in [0.15, 0.2) is 36.4 Å². The van der Waals surface area contributed by atoms with Crippen molar-refractivity contribution in [3.05, 3.63) is 42.0 Å². The molecule has 2 aromatic carbocycles. The Labute approximate surface area is 117 Å². The zero-order chi connectivity index (χ0) is 14.7. The number of ether oxygens (including phenoxy) is 2. The number of anilines is 2. The smallest absolute Gasteiger partial charge is 0.338 e. The monoisotopic (exact) mass is 272 g/mol. The van der Waals surface area contributed by atoms with Crippen LogP contribution in [0.25, 0.3) is 11.1 Å². The molecule has 0 aromatic heterocycles. The summed E-state index contributed by atoms with van der Waals surface area (Å²) >= 11 is 0. The third-order valence-corrected chi connectivity index (χ3v) is 2.96. The second-order valence-corrected chi connectivity index (χ2v) is 4.26. The molecule has 0 aliphatic carbocycles. The van der Waals surface area contributed by atoms with E-state index in [0.29, 0.717) is 28.3 Å². The zero-order valence-corrected chi connectivity index (χ0v) is 11.3. The average molecular weight is 272 g/mol. The first-order valence-electron chi connectivity index (χ1n) is 5.98. The van der Waals surface area contributed by atoms with Crippen molar-refractivity contribution in [1.29, 1.82) is 0 Å². The number of rotatable bonds is 3. The molecule has 2 aromatic rings. The van der Waals surface area contributed by atoms with E-state index in [1.807, 2.05) is 0 Å². The van der Waals surface area contributed by atoms with E-state index < -0.39 is 5.97 Å². The van der Waals surface area contributed by atoms with Crippen molar-refractivity contribution < 1.29 is 14.3 Å². The number of nitrogen functional groups attached to an aromatic ring is 2. The van der Waals surface area contributed by atoms with Gasteiger partial charge in [-0.1, -0.05) is 6.07 Å². The summed E-state index contributed by atoms with van der Waals surface area (Å²) in [6.45, 7) is 0. The number of carbonyl (C=O) groups is 1. The molecule has 5 nitrogen and oxygen atoms in total. The Morgan fingerprint density at radius 2 is 1.55 bits per heavy atom. The normalized spacial score (nSPS) is 10.1. The number of hydrogen-bond acceptors (Lipinski definition) is 5. The van der Waals surface area contributed by atoms with Gasteiger partial charge in [0, 0.05) is 28.6 Å². The lowest BCUT2D eigenvalue weighted by Gasteiger charge is -2.13. The lowest BCUT2D eigenvalue weighted by Crippen LogP contribution is -2.05. The third kappa shape index (κ3) is 2.51. The van der Waals surface area contributed by atoms with Gasteiger partial charge in [0.15, 0.2) is 0 Å². The molecular formula is C15H16N2O3. The van der Waals surface area contributed by atoms with Gasteiger partial charge in [0.25, 0.3) is 0 Å². The summed E-state index contributed by atoms with van der Waals surface area (Å²) in [7, 11) is 2.88. The van der Waals surface area contributed by atoms with Gasteiger partial charge in [0.2, 0.25) is 0 Å². The molecular weight excluding hydrogens is 256 g/mol. The molecule has 4 N–H and O–H groups in total. The molecule has 104 valence electrons. The number of benzene rings is 2. The highest BCUT2D eigenvalue weighted by Crippen LogP contribution is 2.34. The summed E-state index contributed by atoms with van der Waals surface area (Å²) in [6, 6.07) is 10.3. The van der Waals surface area contributed by atoms with Gasteiger partial charge in [0.05, 0.1) is 19.8 Å². The van der Waals surface area contributed by atoms with Crippen LogP contribution in [-0.4, -0.2) is 20.2 Å². The molecule has 20 heavy (non-hydrogen) atoms. The molecule has 0 amide bonds. The van der Waals surface area contributed by atoms with E-state index in [-0.39, 0.29) is 0 Å². The highest BCUT2D eigenvalue weighted by atomic mass is 16.5. The lowest BCUT2D eigenvalue weighted by molar-refractivity contribution is 0.0601. The molecule has 0 unspecified atom stereocenters. The molecule has 0 spiro atoms. The van der Waals surface area contributed by atoms with E-state index in [1.165, 1.54) is 7.11 Å². The molecule has 0 bridgehead atoms. The Kier molecular flexibility index (Phi) is 3.79. The molecule has 0 aliphatic rings. The fraction of sp³-hybridized carbons (Fsp3) is 0.133. The highest BCUT2D eigenvalue weighted by Gasteiger charge is 2.16. The minimum atomic E-state index is -0.453. The van der Waals surface area contributed by atoms with E-state index in [1.54, 1.807) is 43.5 Å². The largest absolute Gasteiger partial charge is 0.496 e. The molecule has 0 aliphatic heterocycles. The van der Waals surface area contributed by atoms with E-state index in [2.05, 4.69) is 0 Å². The predicted molar refractivity (Wildman–Crippen MR) is 78.6 cm³/mol. The zero-order valence-electron chi connectivity index (χ0n) is 11.3. The van der Waals surface area contributed by atoms with Gasteiger partial charge in [-0.15, -0.1) is 0 Å². The van der Waals surface area contributed by atoms with Crippen LogP contribution in [0.3, 0.4) is 0 Å². The van der Waals surface area contributed by atoms with Crippen LogP contribution in [-0.2, 0) is 4.74 Å². The Balaban J connectivity index is 2.66. The van der Waals surface area contributed by atoms with Gasteiger partial charge in [-0.2, -0.15) is 0 Å². The van der Waals surface area contributed by atoms with Crippen molar-refractivity contribution in [1.82, 2.24) is 0 Å². The van der Waals surface area contributed by atoms with Gasteiger partial charge in [-0.05, 0) is 24.3 Å². The molecule has 0 radical (unpaired) electrons. The molecule has 0 saturated heterocycles. The van der Waals surface area contributed by atoms with Gasteiger partial charge < -0.3 is 20.9 Å². The van der Waals surface area contributed by atoms with Crippen LogP contribution in [0, 0.1) is 0 Å². The maximum absolute atomic E-state index is 11.9. The molecule has 0 heterocycles. The maximum Gasteiger partial charge on any atom is 0.338 e. The summed E-state index contributed by atoms with van der Waals surface area (Å²) in [6.07, 6.45) is 0. The fourth-order valence-corrected chi connectivity index (χ4v) is 2.01. The van der Waals surface area contributed by atoms with E-state index >= 15 is 0 Å². The minimum Gasteiger partial charge on any atom is -0.496 e. The summed E-state index contributed by atoms with van der Waals surface area (Å²) in [5.41, 5.74) is 14.4. The van der Waals surface area contributed by atoms with Crippen molar-refractivity contribution in [2.45, 2.75) is 0 Å². The number of hydrogen-bond donors (Lipinski definition) is 2. The first kappa shape index (κ1) is 13.7. The van der Waals surface area contributed by atoms with E-state index in [9.17, 15) is 4.79 Å². The van der Waals surface area contributed by atoms with Crippen molar-refractivity contribution >= 4 is 17.3 Å². The van der Waals surface area contributed by atoms with Crippen molar-refractivity contribution in [3.63, 3.8) is 0 Å². The molecule has 2 rings (SSSR count). The SMILES string of the molecule is COC(=O)c1cc(N)ccc1-c1ccc(N)cc1OC. The van der Waals surface area contributed by atoms with Crippen LogP contribution in [0.4, 0.5) is 11.4 Å². The Morgan fingerprint density at radius 3 is 2.15 bits per heavy atom. The molecule has 5 heteroatoms. The number of carbonyl (C=O) groups excluding carboxylic acids is 1. The van der Waals surface area contributed by atoms with Crippen LogP contribution < -0.4 is 16.2 Å². The van der Waals surface area contributed by atoms with Gasteiger partial charge in [-0.25, -0.2) is 4.79 Å². The van der Waals surface area contributed by atoms with Crippen LogP contribution in [0.5, 0.6) is 5.75 Å². The Bertz CT molecular complexity index is 654. The fourth-order valence-electron chi connectivity index (χ4n) is 2.01. The number of esters is 1. The second-order valence-electron chi connectivity index (χ2n) is 4.26. The lowest BCUT2D eigenvalue weighted by atomic mass is 9.98. The van der Waals surface area contributed by atoms with Crippen molar-refractivity contribution in [3.8, 4) is 16.9 Å².